The molecule has 0 spiro atoms. The fourth-order valence-corrected chi connectivity index (χ4v) is 3.65. The SMILES string of the molecule is CC[C@@]1(n2cnc3c(NC(=O)c4ccccc4)ncnc32)O[C@H](CO)[C@@H](O)[C@H]1O. The minimum Gasteiger partial charge on any atom is -0.394 e. The highest BCUT2D eigenvalue weighted by molar-refractivity contribution is 6.06. The summed E-state index contributed by atoms with van der Waals surface area (Å²) in [6, 6.07) is 8.68. The standard InChI is InChI=1S/C19H21N5O5/c1-2-19(15(27)14(26)12(8-25)29-19)24-10-22-13-16(20-9-21-17(13)24)23-18(28)11-6-4-3-5-7-11/h3-7,9-10,12,14-15,25-27H,2,8H2,1H3,(H,20,21,23,28)/t12-,14-,15-,19-/m1/s1. The first-order chi connectivity index (χ1) is 14.0. The highest BCUT2D eigenvalue weighted by Crippen LogP contribution is 2.40. The lowest BCUT2D eigenvalue weighted by Crippen LogP contribution is -2.45. The average Bonchev–Trinajstić information content (AvgIpc) is 3.30. The first-order valence-electron chi connectivity index (χ1n) is 9.21. The molecule has 0 bridgehead atoms. The second-order valence-corrected chi connectivity index (χ2v) is 6.80. The normalized spacial score (nSPS) is 26.7. The van der Waals surface area contributed by atoms with Crippen LogP contribution in [0.25, 0.3) is 11.2 Å². The van der Waals surface area contributed by atoms with Crippen LogP contribution in [0, 0.1) is 0 Å². The molecule has 152 valence electrons. The lowest BCUT2D eigenvalue weighted by atomic mass is 10.00. The number of imidazole rings is 1. The Bertz CT molecular complexity index is 1030. The van der Waals surface area contributed by atoms with Crippen LogP contribution < -0.4 is 5.32 Å². The van der Waals surface area contributed by atoms with Gasteiger partial charge >= 0.3 is 0 Å². The summed E-state index contributed by atoms with van der Waals surface area (Å²) in [5, 5.41) is 33.1. The molecule has 1 aliphatic rings. The number of nitrogens with zero attached hydrogens (tertiary/aromatic N) is 4. The van der Waals surface area contributed by atoms with Gasteiger partial charge in [-0.2, -0.15) is 0 Å². The molecule has 4 N–H and O–H groups in total. The second-order valence-electron chi connectivity index (χ2n) is 6.80. The van der Waals surface area contributed by atoms with Crippen LogP contribution in [0.3, 0.4) is 0 Å². The molecule has 1 aromatic carbocycles. The summed E-state index contributed by atoms with van der Waals surface area (Å²) < 4.78 is 7.35. The number of fused-ring (bicyclic) bond motifs is 1. The van der Waals surface area contributed by atoms with Gasteiger partial charge in [0.15, 0.2) is 22.7 Å². The van der Waals surface area contributed by atoms with E-state index < -0.39 is 30.6 Å². The molecule has 0 aliphatic carbocycles. The largest absolute Gasteiger partial charge is 0.394 e. The molecule has 3 aromatic rings. The summed E-state index contributed by atoms with van der Waals surface area (Å²) in [5.74, 6) is -0.140. The molecule has 29 heavy (non-hydrogen) atoms. The van der Waals surface area contributed by atoms with Crippen LogP contribution in [0.5, 0.6) is 0 Å². The number of rotatable bonds is 5. The summed E-state index contributed by atoms with van der Waals surface area (Å²) in [5.41, 5.74) is -0.277. The van der Waals surface area contributed by atoms with Crippen molar-refractivity contribution in [3.63, 3.8) is 0 Å². The number of aromatic nitrogens is 4. The molecule has 1 fully saturated rings. The molecule has 1 saturated heterocycles. The predicted molar refractivity (Wildman–Crippen MR) is 102 cm³/mol. The van der Waals surface area contributed by atoms with Crippen molar-refractivity contribution in [3.8, 4) is 0 Å². The molecular weight excluding hydrogens is 378 g/mol. The second kappa shape index (κ2) is 7.48. The molecule has 1 aliphatic heterocycles. The molecule has 10 heteroatoms. The van der Waals surface area contributed by atoms with Crippen LogP contribution in [0.1, 0.15) is 23.7 Å². The highest BCUT2D eigenvalue weighted by atomic mass is 16.6. The van der Waals surface area contributed by atoms with Crippen molar-refractivity contribution in [2.24, 2.45) is 0 Å². The van der Waals surface area contributed by atoms with Crippen molar-refractivity contribution < 1.29 is 24.9 Å². The minimum atomic E-state index is -1.36. The van der Waals surface area contributed by atoms with Gasteiger partial charge < -0.3 is 25.4 Å². The third-order valence-corrected chi connectivity index (χ3v) is 5.22. The molecule has 3 heterocycles. The van der Waals surface area contributed by atoms with Crippen molar-refractivity contribution in [3.05, 3.63) is 48.5 Å². The van der Waals surface area contributed by atoms with E-state index in [0.717, 1.165) is 0 Å². The van der Waals surface area contributed by atoms with Crippen molar-refractivity contribution in [1.29, 1.82) is 0 Å². The predicted octanol–water partition coefficient (Wildman–Crippen LogP) is 0.254. The van der Waals surface area contributed by atoms with Gasteiger partial charge in [0.1, 0.15) is 24.6 Å². The molecule has 4 atom stereocenters. The van der Waals surface area contributed by atoms with E-state index >= 15 is 0 Å². The van der Waals surface area contributed by atoms with E-state index in [0.29, 0.717) is 16.7 Å². The van der Waals surface area contributed by atoms with Crippen LogP contribution >= 0.6 is 0 Å². The fourth-order valence-electron chi connectivity index (χ4n) is 3.65. The molecule has 0 unspecified atom stereocenters. The van der Waals surface area contributed by atoms with Crippen molar-refractivity contribution in [1.82, 2.24) is 19.5 Å². The maximum absolute atomic E-state index is 12.5. The maximum atomic E-state index is 12.5. The van der Waals surface area contributed by atoms with Gasteiger partial charge in [0.05, 0.1) is 12.9 Å². The number of benzene rings is 1. The minimum absolute atomic E-state index is 0.209. The van der Waals surface area contributed by atoms with Crippen LogP contribution in [-0.2, 0) is 10.5 Å². The zero-order chi connectivity index (χ0) is 20.6. The van der Waals surface area contributed by atoms with Crippen molar-refractivity contribution in [2.75, 3.05) is 11.9 Å². The van der Waals surface area contributed by atoms with E-state index in [1.165, 1.54) is 17.2 Å². The number of anilines is 1. The maximum Gasteiger partial charge on any atom is 0.256 e. The molecule has 0 saturated carbocycles. The van der Waals surface area contributed by atoms with Gasteiger partial charge in [-0.05, 0) is 18.6 Å². The van der Waals surface area contributed by atoms with Crippen LogP contribution in [0.15, 0.2) is 43.0 Å². The number of amides is 1. The Kier molecular flexibility index (Phi) is 5.01. The smallest absolute Gasteiger partial charge is 0.256 e. The first-order valence-corrected chi connectivity index (χ1v) is 9.21. The van der Waals surface area contributed by atoms with Gasteiger partial charge in [-0.15, -0.1) is 0 Å². The number of aliphatic hydroxyl groups excluding tert-OH is 3. The van der Waals surface area contributed by atoms with Crippen LogP contribution in [0.2, 0.25) is 0 Å². The van der Waals surface area contributed by atoms with E-state index in [1.807, 2.05) is 6.07 Å². The van der Waals surface area contributed by atoms with Gasteiger partial charge in [-0.25, -0.2) is 15.0 Å². The monoisotopic (exact) mass is 399 g/mol. The Morgan fingerprint density at radius 1 is 1.24 bits per heavy atom. The molecular formula is C19H21N5O5. The number of hydrogen-bond acceptors (Lipinski definition) is 8. The van der Waals surface area contributed by atoms with Crippen LogP contribution in [0.4, 0.5) is 5.82 Å². The molecule has 10 nitrogen and oxygen atoms in total. The lowest BCUT2D eigenvalue weighted by molar-refractivity contribution is -0.147. The molecule has 1 amide bonds. The highest BCUT2D eigenvalue weighted by Gasteiger charge is 2.54. The van der Waals surface area contributed by atoms with Crippen molar-refractivity contribution >= 4 is 22.9 Å². The quantitative estimate of drug-likeness (QED) is 0.478. The number of ether oxygens (including phenoxy) is 1. The zero-order valence-electron chi connectivity index (χ0n) is 15.6. The third kappa shape index (κ3) is 3.06. The van der Waals surface area contributed by atoms with Gasteiger partial charge in [0, 0.05) is 5.56 Å². The molecule has 0 radical (unpaired) electrons. The topological polar surface area (TPSA) is 143 Å². The van der Waals surface area contributed by atoms with Gasteiger partial charge in [-0.3, -0.25) is 9.36 Å². The Hall–Kier alpha value is -2.92. The van der Waals surface area contributed by atoms with E-state index in [-0.39, 0.29) is 18.1 Å². The summed E-state index contributed by atoms with van der Waals surface area (Å²) in [6.07, 6.45) is -0.553. The Morgan fingerprint density at radius 3 is 2.66 bits per heavy atom. The number of carbonyl (C=O) groups is 1. The third-order valence-electron chi connectivity index (χ3n) is 5.22. The number of aliphatic hydroxyl groups is 3. The summed E-state index contributed by atoms with van der Waals surface area (Å²) in [4.78, 5) is 25.1. The van der Waals surface area contributed by atoms with Gasteiger partial charge in [0.2, 0.25) is 0 Å². The van der Waals surface area contributed by atoms with Crippen molar-refractivity contribution in [2.45, 2.75) is 37.4 Å². The molecule has 4 rings (SSSR count). The number of hydrogen-bond donors (Lipinski definition) is 4. The number of carbonyl (C=O) groups excluding carboxylic acids is 1. The molecule has 2 aromatic heterocycles. The van der Waals surface area contributed by atoms with E-state index in [2.05, 4.69) is 20.3 Å². The summed E-state index contributed by atoms with van der Waals surface area (Å²) in [6.45, 7) is 1.33. The summed E-state index contributed by atoms with van der Waals surface area (Å²) >= 11 is 0. The lowest BCUT2D eigenvalue weighted by Gasteiger charge is -2.32. The van der Waals surface area contributed by atoms with Gasteiger partial charge in [-0.1, -0.05) is 25.1 Å². The van der Waals surface area contributed by atoms with Crippen LogP contribution in [-0.4, -0.2) is 65.7 Å². The summed E-state index contributed by atoms with van der Waals surface area (Å²) in [7, 11) is 0. The average molecular weight is 399 g/mol. The van der Waals surface area contributed by atoms with E-state index in [4.69, 9.17) is 4.74 Å². The Morgan fingerprint density at radius 2 is 2.00 bits per heavy atom. The number of nitrogens with one attached hydrogen (secondary N) is 1. The Labute approximate surface area is 165 Å². The Balaban J connectivity index is 1.73. The van der Waals surface area contributed by atoms with Gasteiger partial charge in [0.25, 0.3) is 5.91 Å². The van der Waals surface area contributed by atoms with E-state index in [1.54, 1.807) is 31.2 Å². The zero-order valence-corrected chi connectivity index (χ0v) is 15.6. The van der Waals surface area contributed by atoms with E-state index in [9.17, 15) is 20.1 Å². The first kappa shape index (κ1) is 19.4. The fraction of sp³-hybridized carbons (Fsp3) is 0.368.